The zero-order valence-electron chi connectivity index (χ0n) is 11.9. The summed E-state index contributed by atoms with van der Waals surface area (Å²) in [5.74, 6) is 1.33. The topological polar surface area (TPSA) is 38.8 Å². The molecule has 1 atom stereocenters. The predicted octanol–water partition coefficient (Wildman–Crippen LogP) is 2.47. The van der Waals surface area contributed by atoms with Crippen molar-refractivity contribution in [2.24, 2.45) is 0 Å². The molecule has 0 bridgehead atoms. The molecule has 1 heterocycles. The van der Waals surface area contributed by atoms with Crippen molar-refractivity contribution in [1.82, 2.24) is 4.90 Å². The number of amides is 1. The summed E-state index contributed by atoms with van der Waals surface area (Å²) in [5, 5.41) is 0. The van der Waals surface area contributed by atoms with Crippen LogP contribution in [0.3, 0.4) is 0 Å². The predicted molar refractivity (Wildman–Crippen MR) is 73.5 cm³/mol. The molecular weight excluding hydrogens is 242 g/mol. The number of carbonyl (C=O) groups excluding carboxylic acids is 1. The molecule has 0 spiro atoms. The number of carbonyl (C=O) groups is 1. The van der Waals surface area contributed by atoms with Gasteiger partial charge in [-0.3, -0.25) is 4.79 Å². The number of hydrogen-bond donors (Lipinski definition) is 0. The van der Waals surface area contributed by atoms with Gasteiger partial charge in [0.1, 0.15) is 6.61 Å². The molecule has 0 radical (unpaired) electrons. The highest BCUT2D eigenvalue weighted by molar-refractivity contribution is 5.82. The van der Waals surface area contributed by atoms with Gasteiger partial charge in [-0.1, -0.05) is 12.1 Å². The van der Waals surface area contributed by atoms with Gasteiger partial charge in [0.05, 0.1) is 0 Å². The molecule has 1 aliphatic heterocycles. The van der Waals surface area contributed by atoms with E-state index in [9.17, 15) is 4.79 Å². The SMILES string of the molecule is CC(C)N(C(=O)C1COc2ccccc2O1)C(C)C. The van der Waals surface area contributed by atoms with Crippen LogP contribution in [0.15, 0.2) is 24.3 Å². The largest absolute Gasteiger partial charge is 0.485 e. The van der Waals surface area contributed by atoms with Gasteiger partial charge in [-0.05, 0) is 39.8 Å². The number of benzene rings is 1. The van der Waals surface area contributed by atoms with Crippen molar-refractivity contribution in [3.8, 4) is 11.5 Å². The Bertz CT molecular complexity index is 448. The Kier molecular flexibility index (Phi) is 3.98. The number of fused-ring (bicyclic) bond motifs is 1. The minimum atomic E-state index is -0.556. The number of para-hydroxylation sites is 2. The molecule has 0 N–H and O–H groups in total. The molecular formula is C15H21NO3. The average molecular weight is 263 g/mol. The van der Waals surface area contributed by atoms with Crippen LogP contribution in [0.5, 0.6) is 11.5 Å². The Morgan fingerprint density at radius 1 is 1.16 bits per heavy atom. The second kappa shape index (κ2) is 5.51. The first-order valence-corrected chi connectivity index (χ1v) is 6.71. The highest BCUT2D eigenvalue weighted by atomic mass is 16.6. The van der Waals surface area contributed by atoms with Crippen molar-refractivity contribution in [1.29, 1.82) is 0 Å². The van der Waals surface area contributed by atoms with Crippen LogP contribution < -0.4 is 9.47 Å². The van der Waals surface area contributed by atoms with Gasteiger partial charge >= 0.3 is 0 Å². The maximum atomic E-state index is 12.5. The molecule has 0 aliphatic carbocycles. The Morgan fingerprint density at radius 3 is 2.32 bits per heavy atom. The van der Waals surface area contributed by atoms with E-state index in [4.69, 9.17) is 9.47 Å². The number of hydrogen-bond acceptors (Lipinski definition) is 3. The van der Waals surface area contributed by atoms with E-state index in [2.05, 4.69) is 0 Å². The van der Waals surface area contributed by atoms with E-state index in [-0.39, 0.29) is 24.6 Å². The van der Waals surface area contributed by atoms with Crippen molar-refractivity contribution >= 4 is 5.91 Å². The zero-order chi connectivity index (χ0) is 14.0. The van der Waals surface area contributed by atoms with Crippen molar-refractivity contribution in [3.63, 3.8) is 0 Å². The molecule has 0 fully saturated rings. The maximum Gasteiger partial charge on any atom is 0.267 e. The van der Waals surface area contributed by atoms with Crippen molar-refractivity contribution < 1.29 is 14.3 Å². The fraction of sp³-hybridized carbons (Fsp3) is 0.533. The zero-order valence-corrected chi connectivity index (χ0v) is 11.9. The van der Waals surface area contributed by atoms with Crippen LogP contribution in [0.2, 0.25) is 0 Å². The molecule has 19 heavy (non-hydrogen) atoms. The second-order valence-corrected chi connectivity index (χ2v) is 5.30. The van der Waals surface area contributed by atoms with E-state index in [0.29, 0.717) is 11.5 Å². The van der Waals surface area contributed by atoms with Gasteiger partial charge in [0.2, 0.25) is 6.10 Å². The quantitative estimate of drug-likeness (QED) is 0.841. The molecule has 1 aliphatic rings. The summed E-state index contributed by atoms with van der Waals surface area (Å²) in [6, 6.07) is 7.72. The molecule has 1 aromatic rings. The van der Waals surface area contributed by atoms with Gasteiger partial charge in [-0.25, -0.2) is 0 Å². The lowest BCUT2D eigenvalue weighted by atomic mass is 10.2. The molecule has 1 amide bonds. The Hall–Kier alpha value is -1.71. The van der Waals surface area contributed by atoms with Gasteiger partial charge in [-0.15, -0.1) is 0 Å². The number of rotatable bonds is 3. The molecule has 4 heteroatoms. The first-order valence-electron chi connectivity index (χ1n) is 6.71. The molecule has 104 valence electrons. The van der Waals surface area contributed by atoms with Crippen LogP contribution >= 0.6 is 0 Å². The van der Waals surface area contributed by atoms with Crippen LogP contribution in [0.4, 0.5) is 0 Å². The smallest absolute Gasteiger partial charge is 0.267 e. The van der Waals surface area contributed by atoms with Crippen molar-refractivity contribution in [2.45, 2.75) is 45.9 Å². The van der Waals surface area contributed by atoms with Crippen LogP contribution in [-0.2, 0) is 4.79 Å². The van der Waals surface area contributed by atoms with Crippen molar-refractivity contribution in [3.05, 3.63) is 24.3 Å². The summed E-state index contributed by atoms with van der Waals surface area (Å²) < 4.78 is 11.4. The van der Waals surface area contributed by atoms with Crippen molar-refractivity contribution in [2.75, 3.05) is 6.61 Å². The summed E-state index contributed by atoms with van der Waals surface area (Å²) in [4.78, 5) is 14.3. The third-order valence-corrected chi connectivity index (χ3v) is 3.15. The minimum Gasteiger partial charge on any atom is -0.485 e. The molecule has 1 unspecified atom stereocenters. The normalized spacial score (nSPS) is 17.7. The van der Waals surface area contributed by atoms with E-state index in [1.54, 1.807) is 0 Å². The molecule has 4 nitrogen and oxygen atoms in total. The van der Waals surface area contributed by atoms with Crippen LogP contribution in [0, 0.1) is 0 Å². The Balaban J connectivity index is 2.14. The number of nitrogens with zero attached hydrogens (tertiary/aromatic N) is 1. The fourth-order valence-electron chi connectivity index (χ4n) is 2.41. The van der Waals surface area contributed by atoms with E-state index in [1.807, 2.05) is 56.9 Å². The third-order valence-electron chi connectivity index (χ3n) is 3.15. The van der Waals surface area contributed by atoms with Gasteiger partial charge in [0, 0.05) is 12.1 Å². The lowest BCUT2D eigenvalue weighted by Gasteiger charge is -2.35. The Labute approximate surface area is 114 Å². The van der Waals surface area contributed by atoms with Gasteiger partial charge in [0.15, 0.2) is 11.5 Å². The highest BCUT2D eigenvalue weighted by Gasteiger charge is 2.33. The monoisotopic (exact) mass is 263 g/mol. The summed E-state index contributed by atoms with van der Waals surface area (Å²) in [6.07, 6.45) is -0.556. The summed E-state index contributed by atoms with van der Waals surface area (Å²) in [5.41, 5.74) is 0. The molecule has 0 aromatic heterocycles. The van der Waals surface area contributed by atoms with E-state index >= 15 is 0 Å². The van der Waals surface area contributed by atoms with E-state index in [0.717, 1.165) is 0 Å². The number of ether oxygens (including phenoxy) is 2. The lowest BCUT2D eigenvalue weighted by molar-refractivity contribution is -0.144. The van der Waals surface area contributed by atoms with Gasteiger partial charge in [-0.2, -0.15) is 0 Å². The molecule has 1 aromatic carbocycles. The molecule has 0 saturated carbocycles. The lowest BCUT2D eigenvalue weighted by Crippen LogP contribution is -2.51. The first-order chi connectivity index (χ1) is 9.00. The van der Waals surface area contributed by atoms with Crippen LogP contribution in [0.1, 0.15) is 27.7 Å². The first kappa shape index (κ1) is 13.7. The van der Waals surface area contributed by atoms with Gasteiger partial charge < -0.3 is 14.4 Å². The minimum absolute atomic E-state index is 0.0143. The van der Waals surface area contributed by atoms with Crippen LogP contribution in [-0.4, -0.2) is 35.6 Å². The molecule has 0 saturated heterocycles. The third kappa shape index (κ3) is 2.83. The maximum absolute atomic E-state index is 12.5. The summed E-state index contributed by atoms with van der Waals surface area (Å²) in [6.45, 7) is 8.31. The van der Waals surface area contributed by atoms with E-state index in [1.165, 1.54) is 0 Å². The Morgan fingerprint density at radius 2 is 1.74 bits per heavy atom. The second-order valence-electron chi connectivity index (χ2n) is 5.30. The van der Waals surface area contributed by atoms with Crippen LogP contribution in [0.25, 0.3) is 0 Å². The average Bonchev–Trinajstić information content (AvgIpc) is 2.37. The van der Waals surface area contributed by atoms with E-state index < -0.39 is 6.10 Å². The fourth-order valence-corrected chi connectivity index (χ4v) is 2.41. The summed E-state index contributed by atoms with van der Waals surface area (Å²) >= 11 is 0. The van der Waals surface area contributed by atoms with Gasteiger partial charge in [0.25, 0.3) is 5.91 Å². The molecule has 2 rings (SSSR count). The highest BCUT2D eigenvalue weighted by Crippen LogP contribution is 2.31. The standard InChI is InChI=1S/C15H21NO3/c1-10(2)16(11(3)4)15(17)14-9-18-12-7-5-6-8-13(12)19-14/h5-8,10-11,14H,9H2,1-4H3. The summed E-state index contributed by atoms with van der Waals surface area (Å²) in [7, 11) is 0.